The number of amides is 3. The van der Waals surface area contributed by atoms with Crippen LogP contribution in [-0.4, -0.2) is 33.6 Å². The van der Waals surface area contributed by atoms with Gasteiger partial charge in [0.15, 0.2) is 0 Å². The summed E-state index contributed by atoms with van der Waals surface area (Å²) in [5.74, 6) is -1.60. The topological polar surface area (TPSA) is 91.4 Å². The average molecular weight is 545 g/mol. The summed E-state index contributed by atoms with van der Waals surface area (Å²) in [6, 6.07) is 11.0. The van der Waals surface area contributed by atoms with Gasteiger partial charge in [-0.3, -0.25) is 14.4 Å². The van der Waals surface area contributed by atoms with E-state index in [0.717, 1.165) is 22.8 Å². The number of hydrogen-bond donors (Lipinski definition) is 2. The summed E-state index contributed by atoms with van der Waals surface area (Å²) in [6.07, 6.45) is 3.67. The van der Waals surface area contributed by atoms with Crippen LogP contribution in [0, 0.1) is 17.0 Å². The number of carbonyl (C=O) groups excluding carboxylic acids is 3. The first-order valence-corrected chi connectivity index (χ1v) is 13.5. The molecular formula is C31H30F2N4O3. The number of fused-ring (bicyclic) bond motifs is 3. The van der Waals surface area contributed by atoms with Crippen molar-refractivity contribution in [3.8, 4) is 0 Å². The zero-order valence-corrected chi connectivity index (χ0v) is 22.6. The van der Waals surface area contributed by atoms with Crippen LogP contribution in [-0.2, 0) is 32.6 Å². The molecule has 1 aromatic heterocycles. The quantitative estimate of drug-likeness (QED) is 0.480. The lowest BCUT2D eigenvalue weighted by molar-refractivity contribution is -0.154. The predicted octanol–water partition coefficient (Wildman–Crippen LogP) is 5.07. The van der Waals surface area contributed by atoms with Gasteiger partial charge >= 0.3 is 0 Å². The molecule has 3 unspecified atom stereocenters. The fourth-order valence-electron chi connectivity index (χ4n) is 6.49. The molecule has 40 heavy (non-hydrogen) atoms. The average Bonchev–Trinajstić information content (AvgIpc) is 3.41. The SMILES string of the molecule is CC(C(=O)Nc1ccc2c(c1)CC1(C2)C(=O)Nc2ncccc21)N1C(=O)C(C)(C)CCC1c1cc(F)cc(F)c1. The molecule has 2 N–H and O–H groups in total. The van der Waals surface area contributed by atoms with E-state index in [-0.39, 0.29) is 11.8 Å². The van der Waals surface area contributed by atoms with Crippen molar-refractivity contribution in [2.45, 2.75) is 64.0 Å². The first-order valence-electron chi connectivity index (χ1n) is 13.5. The Morgan fingerprint density at radius 2 is 1.80 bits per heavy atom. The minimum Gasteiger partial charge on any atom is -0.324 e. The van der Waals surface area contributed by atoms with Crippen LogP contribution >= 0.6 is 0 Å². The summed E-state index contributed by atoms with van der Waals surface area (Å²) >= 11 is 0. The third kappa shape index (κ3) is 4.15. The highest BCUT2D eigenvalue weighted by atomic mass is 19.1. The molecule has 6 rings (SSSR count). The summed E-state index contributed by atoms with van der Waals surface area (Å²) in [4.78, 5) is 45.8. The number of aromatic nitrogens is 1. The van der Waals surface area contributed by atoms with Crippen LogP contribution in [0.3, 0.4) is 0 Å². The maximum absolute atomic E-state index is 14.1. The van der Waals surface area contributed by atoms with Gasteiger partial charge in [-0.2, -0.15) is 0 Å². The van der Waals surface area contributed by atoms with Gasteiger partial charge in [0.1, 0.15) is 23.5 Å². The Morgan fingerprint density at radius 1 is 1.07 bits per heavy atom. The van der Waals surface area contributed by atoms with E-state index in [9.17, 15) is 23.2 Å². The summed E-state index contributed by atoms with van der Waals surface area (Å²) < 4.78 is 28.2. The first-order chi connectivity index (χ1) is 19.0. The van der Waals surface area contributed by atoms with E-state index in [0.29, 0.717) is 42.8 Å². The van der Waals surface area contributed by atoms with Gasteiger partial charge in [-0.1, -0.05) is 26.0 Å². The third-order valence-electron chi connectivity index (χ3n) is 8.71. The number of benzene rings is 2. The molecule has 1 spiro atoms. The minimum absolute atomic E-state index is 0.0809. The molecule has 3 heterocycles. The van der Waals surface area contributed by atoms with E-state index in [1.807, 2.05) is 38.1 Å². The van der Waals surface area contributed by atoms with Crippen LogP contribution in [0.25, 0.3) is 0 Å². The molecule has 9 heteroatoms. The Hall–Kier alpha value is -4.14. The molecule has 1 aliphatic carbocycles. The Labute approximate surface area is 231 Å². The molecule has 3 aliphatic rings. The highest BCUT2D eigenvalue weighted by Crippen LogP contribution is 2.47. The van der Waals surface area contributed by atoms with Crippen molar-refractivity contribution < 1.29 is 23.2 Å². The van der Waals surface area contributed by atoms with Crippen LogP contribution in [0.15, 0.2) is 54.7 Å². The lowest BCUT2D eigenvalue weighted by Crippen LogP contribution is -2.54. The van der Waals surface area contributed by atoms with E-state index in [2.05, 4.69) is 15.6 Å². The molecule has 3 aromatic rings. The monoisotopic (exact) mass is 544 g/mol. The summed E-state index contributed by atoms with van der Waals surface area (Å²) in [5, 5.41) is 5.82. The third-order valence-corrected chi connectivity index (χ3v) is 8.71. The fourth-order valence-corrected chi connectivity index (χ4v) is 6.49. The lowest BCUT2D eigenvalue weighted by Gasteiger charge is -2.45. The highest BCUT2D eigenvalue weighted by Gasteiger charge is 2.51. The van der Waals surface area contributed by atoms with Crippen molar-refractivity contribution in [1.29, 1.82) is 0 Å². The fraction of sp³-hybridized carbons (Fsp3) is 0.355. The number of hydrogen-bond acceptors (Lipinski definition) is 4. The molecule has 206 valence electrons. The molecule has 2 aromatic carbocycles. The number of rotatable bonds is 4. The van der Waals surface area contributed by atoms with Gasteiger partial charge in [-0.25, -0.2) is 13.8 Å². The number of halogens is 2. The maximum atomic E-state index is 14.1. The standard InChI is InChI=1S/C31H30F2N4O3/c1-17(37-25(8-9-30(2,3)29(37)40)19-11-21(32)14-22(33)12-19)27(38)35-23-7-6-18-15-31(16-20(18)13-23)24-5-4-10-34-26(24)36-28(31)39/h4-7,10-14,17,25H,8-9,15-16H2,1-3H3,(H,35,38)(H,34,36,39). The summed E-state index contributed by atoms with van der Waals surface area (Å²) in [5.41, 5.74) is 2.30. The van der Waals surface area contributed by atoms with Crippen LogP contribution in [0.1, 0.15) is 61.9 Å². The zero-order chi connectivity index (χ0) is 28.4. The van der Waals surface area contributed by atoms with Crippen LogP contribution in [0.4, 0.5) is 20.3 Å². The molecular weight excluding hydrogens is 514 g/mol. The molecule has 7 nitrogen and oxygen atoms in total. The van der Waals surface area contributed by atoms with E-state index in [4.69, 9.17) is 0 Å². The second-order valence-electron chi connectivity index (χ2n) is 11.8. The number of anilines is 2. The van der Waals surface area contributed by atoms with E-state index < -0.39 is 40.5 Å². The lowest BCUT2D eigenvalue weighted by atomic mass is 9.78. The molecule has 2 aliphatic heterocycles. The Bertz CT molecular complexity index is 1550. The largest absolute Gasteiger partial charge is 0.324 e. The zero-order valence-electron chi connectivity index (χ0n) is 22.6. The smallest absolute Gasteiger partial charge is 0.246 e. The van der Waals surface area contributed by atoms with Gasteiger partial charge in [0.25, 0.3) is 0 Å². The Morgan fingerprint density at radius 3 is 2.55 bits per heavy atom. The van der Waals surface area contributed by atoms with Crippen molar-refractivity contribution in [3.63, 3.8) is 0 Å². The van der Waals surface area contributed by atoms with E-state index in [1.165, 1.54) is 17.0 Å². The van der Waals surface area contributed by atoms with Crippen molar-refractivity contribution in [2.24, 2.45) is 5.41 Å². The maximum Gasteiger partial charge on any atom is 0.246 e. The number of carbonyl (C=O) groups is 3. The van der Waals surface area contributed by atoms with Gasteiger partial charge in [-0.15, -0.1) is 0 Å². The van der Waals surface area contributed by atoms with Gasteiger partial charge in [0.05, 0.1) is 11.5 Å². The molecule has 0 radical (unpaired) electrons. The number of pyridine rings is 1. The second-order valence-corrected chi connectivity index (χ2v) is 11.8. The van der Waals surface area contributed by atoms with Crippen LogP contribution < -0.4 is 10.6 Å². The highest BCUT2D eigenvalue weighted by molar-refractivity contribution is 6.06. The van der Waals surface area contributed by atoms with E-state index in [1.54, 1.807) is 19.2 Å². The molecule has 0 bridgehead atoms. The van der Waals surface area contributed by atoms with Gasteiger partial charge in [-0.05, 0) is 79.6 Å². The number of nitrogens with zero attached hydrogens (tertiary/aromatic N) is 2. The number of piperidine rings is 1. The Balaban J connectivity index is 1.25. The summed E-state index contributed by atoms with van der Waals surface area (Å²) in [7, 11) is 0. The molecule has 1 fully saturated rings. The first kappa shape index (κ1) is 26.1. The van der Waals surface area contributed by atoms with Gasteiger partial charge in [0, 0.05) is 28.9 Å². The predicted molar refractivity (Wildman–Crippen MR) is 145 cm³/mol. The minimum atomic E-state index is -0.901. The molecule has 3 atom stereocenters. The Kier molecular flexibility index (Phi) is 6.01. The molecule has 0 saturated carbocycles. The van der Waals surface area contributed by atoms with Crippen LogP contribution in [0.5, 0.6) is 0 Å². The summed E-state index contributed by atoms with van der Waals surface area (Å²) in [6.45, 7) is 5.27. The normalized spacial score (nSPS) is 23.5. The number of likely N-dealkylation sites (tertiary alicyclic amines) is 1. The van der Waals surface area contributed by atoms with Crippen LogP contribution in [0.2, 0.25) is 0 Å². The molecule has 3 amide bonds. The number of nitrogens with one attached hydrogen (secondary N) is 2. The van der Waals surface area contributed by atoms with Crippen molar-refractivity contribution in [1.82, 2.24) is 9.88 Å². The second kappa shape index (κ2) is 9.21. The van der Waals surface area contributed by atoms with Crippen molar-refractivity contribution >= 4 is 29.2 Å². The van der Waals surface area contributed by atoms with Gasteiger partial charge in [0.2, 0.25) is 17.7 Å². The molecule has 1 saturated heterocycles. The van der Waals surface area contributed by atoms with Crippen molar-refractivity contribution in [3.05, 3.63) is 88.6 Å². The van der Waals surface area contributed by atoms with Gasteiger partial charge < -0.3 is 15.5 Å². The van der Waals surface area contributed by atoms with E-state index >= 15 is 0 Å². The van der Waals surface area contributed by atoms with Crippen molar-refractivity contribution in [2.75, 3.05) is 10.6 Å².